The van der Waals surface area contributed by atoms with E-state index in [4.69, 9.17) is 15.2 Å². The van der Waals surface area contributed by atoms with Gasteiger partial charge in [-0.1, -0.05) is 5.57 Å². The fourth-order valence-corrected chi connectivity index (χ4v) is 1.49. The van der Waals surface area contributed by atoms with E-state index in [2.05, 4.69) is 0 Å². The summed E-state index contributed by atoms with van der Waals surface area (Å²) in [5.74, 6) is 1.78. The third-order valence-corrected chi connectivity index (χ3v) is 2.21. The molecule has 0 bridgehead atoms. The van der Waals surface area contributed by atoms with Crippen LogP contribution < -0.4 is 5.73 Å². The Labute approximate surface area is 80.7 Å². The molecule has 0 aromatic rings. The highest BCUT2D eigenvalue weighted by atomic mass is 16.5. The molecule has 0 saturated heterocycles. The average molecular weight is 185 g/mol. The van der Waals surface area contributed by atoms with E-state index in [0.29, 0.717) is 6.54 Å². The predicted octanol–water partition coefficient (Wildman–Crippen LogP) is 1.81. The highest BCUT2D eigenvalue weighted by molar-refractivity contribution is 5.26. The molecule has 13 heavy (non-hydrogen) atoms. The summed E-state index contributed by atoms with van der Waals surface area (Å²) >= 11 is 0. The fraction of sp³-hybridized carbons (Fsp3) is 0.600. The molecule has 0 unspecified atom stereocenters. The topological polar surface area (TPSA) is 44.5 Å². The first-order valence-electron chi connectivity index (χ1n) is 4.52. The number of hydrogen-bond donors (Lipinski definition) is 1. The quantitative estimate of drug-likeness (QED) is 0.726. The number of ether oxygens (including phenoxy) is 2. The molecule has 0 saturated carbocycles. The van der Waals surface area contributed by atoms with Crippen LogP contribution >= 0.6 is 0 Å². The number of rotatable bonds is 4. The van der Waals surface area contributed by atoms with Crippen LogP contribution in [0.3, 0.4) is 0 Å². The van der Waals surface area contributed by atoms with Gasteiger partial charge in [0.2, 0.25) is 0 Å². The molecule has 76 valence electrons. The van der Waals surface area contributed by atoms with Gasteiger partial charge in [-0.2, -0.15) is 0 Å². The Morgan fingerprint density at radius 3 is 2.69 bits per heavy atom. The largest absolute Gasteiger partial charge is 0.497 e. The van der Waals surface area contributed by atoms with Gasteiger partial charge in [0.05, 0.1) is 14.2 Å². The minimum absolute atomic E-state index is 0. The lowest BCUT2D eigenvalue weighted by molar-refractivity contribution is 0.217. The van der Waals surface area contributed by atoms with Gasteiger partial charge in [0.15, 0.2) is 5.76 Å². The number of nitrogens with two attached hydrogens (primary N) is 1. The van der Waals surface area contributed by atoms with Crippen LogP contribution in [0.15, 0.2) is 23.2 Å². The van der Waals surface area contributed by atoms with E-state index in [9.17, 15) is 0 Å². The first-order chi connectivity index (χ1) is 6.31. The van der Waals surface area contributed by atoms with Crippen molar-refractivity contribution in [3.8, 4) is 0 Å². The van der Waals surface area contributed by atoms with Crippen molar-refractivity contribution in [2.24, 2.45) is 5.73 Å². The van der Waals surface area contributed by atoms with Crippen LogP contribution in [0, 0.1) is 0 Å². The van der Waals surface area contributed by atoms with Gasteiger partial charge in [-0.25, -0.2) is 0 Å². The van der Waals surface area contributed by atoms with E-state index in [1.165, 1.54) is 5.57 Å². The van der Waals surface area contributed by atoms with Crippen LogP contribution in [0.5, 0.6) is 0 Å². The van der Waals surface area contributed by atoms with Crippen molar-refractivity contribution in [2.75, 3.05) is 20.8 Å². The summed E-state index contributed by atoms with van der Waals surface area (Å²) in [5.41, 5.74) is 6.83. The molecule has 0 amide bonds. The summed E-state index contributed by atoms with van der Waals surface area (Å²) in [5, 5.41) is 0. The molecule has 0 aromatic carbocycles. The van der Waals surface area contributed by atoms with Crippen molar-refractivity contribution in [1.29, 1.82) is 0 Å². The molecule has 1 rings (SSSR count). The van der Waals surface area contributed by atoms with Gasteiger partial charge in [0, 0.05) is 7.85 Å². The van der Waals surface area contributed by atoms with Crippen molar-refractivity contribution in [3.63, 3.8) is 0 Å². The maximum absolute atomic E-state index is 5.48. The average Bonchev–Trinajstić information content (AvgIpc) is 2.18. The first-order valence-corrected chi connectivity index (χ1v) is 4.52. The second-order valence-corrected chi connectivity index (χ2v) is 3.04. The Morgan fingerprint density at radius 1 is 1.38 bits per heavy atom. The van der Waals surface area contributed by atoms with Gasteiger partial charge in [-0.05, 0) is 25.5 Å². The number of hydrogen-bond acceptors (Lipinski definition) is 3. The van der Waals surface area contributed by atoms with Gasteiger partial charge in [-0.15, -0.1) is 0 Å². The van der Waals surface area contributed by atoms with Gasteiger partial charge >= 0.3 is 0 Å². The monoisotopic (exact) mass is 185 g/mol. The minimum atomic E-state index is 0. The smallest absolute Gasteiger partial charge is 0.156 e. The van der Waals surface area contributed by atoms with Crippen molar-refractivity contribution in [1.82, 2.24) is 0 Å². The van der Waals surface area contributed by atoms with Crippen LogP contribution in [0.4, 0.5) is 0 Å². The summed E-state index contributed by atoms with van der Waals surface area (Å²) in [6.45, 7) is 0.700. The molecule has 2 N–H and O–H groups in total. The molecule has 3 heteroatoms. The summed E-state index contributed by atoms with van der Waals surface area (Å²) in [6, 6.07) is 0. The molecule has 0 aliphatic heterocycles. The molecule has 0 radical (unpaired) electrons. The predicted molar refractivity (Wildman–Crippen MR) is 54.1 cm³/mol. The zero-order chi connectivity index (χ0) is 9.68. The van der Waals surface area contributed by atoms with Crippen molar-refractivity contribution in [2.45, 2.75) is 19.3 Å². The Hall–Kier alpha value is -0.960. The van der Waals surface area contributed by atoms with Crippen molar-refractivity contribution in [3.05, 3.63) is 23.2 Å². The molecular weight excluding hydrogens is 166 g/mol. The fourth-order valence-electron chi connectivity index (χ4n) is 1.49. The lowest BCUT2D eigenvalue weighted by atomic mass is 10.00. The van der Waals surface area contributed by atoms with Crippen LogP contribution in [0.1, 0.15) is 20.7 Å². The maximum Gasteiger partial charge on any atom is 0.156 e. The van der Waals surface area contributed by atoms with Crippen LogP contribution in [0.2, 0.25) is 0 Å². The van der Waals surface area contributed by atoms with Crippen LogP contribution in [-0.2, 0) is 9.47 Å². The van der Waals surface area contributed by atoms with Gasteiger partial charge in [-0.3, -0.25) is 0 Å². The third-order valence-electron chi connectivity index (χ3n) is 2.21. The van der Waals surface area contributed by atoms with Crippen LogP contribution in [0.25, 0.3) is 0 Å². The molecule has 0 spiro atoms. The number of allylic oxidation sites excluding steroid dienone is 2. The first kappa shape index (κ1) is 10.1. The van der Waals surface area contributed by atoms with Crippen molar-refractivity contribution >= 4 is 0 Å². The van der Waals surface area contributed by atoms with Crippen molar-refractivity contribution < 1.29 is 10.9 Å². The molecule has 1 aliphatic rings. The Morgan fingerprint density at radius 2 is 2.15 bits per heavy atom. The number of methoxy groups -OCH3 is 2. The summed E-state index contributed by atoms with van der Waals surface area (Å²) in [7, 11) is 3.34. The molecule has 1 aliphatic carbocycles. The van der Waals surface area contributed by atoms with E-state index in [1.54, 1.807) is 14.2 Å². The lowest BCUT2D eigenvalue weighted by Crippen LogP contribution is -2.06. The van der Waals surface area contributed by atoms with Gasteiger partial charge < -0.3 is 15.2 Å². The highest BCUT2D eigenvalue weighted by Crippen LogP contribution is 2.26. The van der Waals surface area contributed by atoms with E-state index in [-0.39, 0.29) is 1.43 Å². The maximum atomic E-state index is 5.48. The summed E-state index contributed by atoms with van der Waals surface area (Å²) < 4.78 is 10.4. The third kappa shape index (κ3) is 2.49. The molecular formula is C10H19NO2. The summed E-state index contributed by atoms with van der Waals surface area (Å²) in [4.78, 5) is 0. The normalized spacial score (nSPS) is 17.0. The van der Waals surface area contributed by atoms with E-state index in [1.807, 2.05) is 6.08 Å². The second-order valence-electron chi connectivity index (χ2n) is 3.04. The minimum Gasteiger partial charge on any atom is -0.497 e. The Balaban J connectivity index is 0.00000169. The van der Waals surface area contributed by atoms with E-state index in [0.717, 1.165) is 30.8 Å². The van der Waals surface area contributed by atoms with Crippen LogP contribution in [-0.4, -0.2) is 20.8 Å². The van der Waals surface area contributed by atoms with Gasteiger partial charge in [0.25, 0.3) is 0 Å². The Bertz CT molecular complexity index is 236. The van der Waals surface area contributed by atoms with Gasteiger partial charge in [0.1, 0.15) is 5.76 Å². The zero-order valence-corrected chi connectivity index (χ0v) is 8.30. The standard InChI is InChI=1S/C10H17NO2.H2/c1-12-9-4-3-8(5-6-11)7-10(9)13-2;/h7H,3-6,11H2,1-2H3;1H. The lowest BCUT2D eigenvalue weighted by Gasteiger charge is -2.17. The second kappa shape index (κ2) is 4.92. The van der Waals surface area contributed by atoms with E-state index < -0.39 is 0 Å². The SMILES string of the molecule is COC1=C(OC)CCC(CCN)=C1.[HH]. The molecule has 3 nitrogen and oxygen atoms in total. The summed E-state index contributed by atoms with van der Waals surface area (Å²) in [6.07, 6.45) is 4.94. The molecule has 0 heterocycles. The zero-order valence-electron chi connectivity index (χ0n) is 8.30. The Kier molecular flexibility index (Phi) is 3.83. The van der Waals surface area contributed by atoms with E-state index >= 15 is 0 Å². The molecule has 0 aromatic heterocycles. The molecule has 0 fully saturated rings. The highest BCUT2D eigenvalue weighted by Gasteiger charge is 2.13. The molecule has 0 atom stereocenters.